The number of methoxy groups -OCH3 is 1. The number of nitrogens with two attached hydrogens (primary N) is 1. The smallest absolute Gasteiger partial charge is 0.252 e. The second-order valence-electron chi connectivity index (χ2n) is 4.74. The number of hydrogen-bond donors (Lipinski definition) is 2. The van der Waals surface area contributed by atoms with Crippen LogP contribution in [-0.2, 0) is 6.54 Å². The Balaban J connectivity index is 2.14. The molecule has 3 N–H and O–H groups in total. The first-order valence-electron chi connectivity index (χ1n) is 6.48. The van der Waals surface area contributed by atoms with Crippen LogP contribution in [0.2, 0.25) is 0 Å². The molecule has 0 radical (unpaired) electrons. The average Bonchev–Trinajstić information content (AvgIpc) is 2.47. The summed E-state index contributed by atoms with van der Waals surface area (Å²) in [6.07, 6.45) is 0. The van der Waals surface area contributed by atoms with Gasteiger partial charge in [0.25, 0.3) is 5.91 Å². The van der Waals surface area contributed by atoms with Crippen LogP contribution in [0.4, 0.5) is 5.69 Å². The standard InChI is InChI=1S/C16H17BrN2O2/c1-10-3-5-14(17)13(7-10)16(20)19-9-11-8-12(18)4-6-15(11)21-2/h3-8H,9,18H2,1-2H3,(H,19,20). The highest BCUT2D eigenvalue weighted by Crippen LogP contribution is 2.22. The SMILES string of the molecule is COc1ccc(N)cc1CNC(=O)c1cc(C)ccc1Br. The summed E-state index contributed by atoms with van der Waals surface area (Å²) in [4.78, 5) is 12.3. The maximum Gasteiger partial charge on any atom is 0.252 e. The molecule has 0 unspecified atom stereocenters. The highest BCUT2D eigenvalue weighted by atomic mass is 79.9. The number of benzene rings is 2. The molecule has 0 aliphatic rings. The molecule has 0 aromatic heterocycles. The molecule has 2 aromatic rings. The summed E-state index contributed by atoms with van der Waals surface area (Å²) in [6.45, 7) is 2.30. The van der Waals surface area contributed by atoms with Gasteiger partial charge in [-0.3, -0.25) is 4.79 Å². The molecule has 0 spiro atoms. The van der Waals surface area contributed by atoms with E-state index in [2.05, 4.69) is 21.2 Å². The predicted octanol–water partition coefficient (Wildman–Crippen LogP) is 3.28. The van der Waals surface area contributed by atoms with Gasteiger partial charge < -0.3 is 15.8 Å². The number of anilines is 1. The Kier molecular flexibility index (Phi) is 4.85. The van der Waals surface area contributed by atoms with Gasteiger partial charge in [-0.25, -0.2) is 0 Å². The normalized spacial score (nSPS) is 10.2. The molecule has 0 saturated heterocycles. The third kappa shape index (κ3) is 3.76. The maximum atomic E-state index is 12.3. The number of hydrogen-bond acceptors (Lipinski definition) is 3. The van der Waals surface area contributed by atoms with Crippen LogP contribution in [0.5, 0.6) is 5.75 Å². The number of aryl methyl sites for hydroxylation is 1. The molecular weight excluding hydrogens is 332 g/mol. The number of carbonyl (C=O) groups is 1. The fourth-order valence-electron chi connectivity index (χ4n) is 2.02. The molecule has 2 rings (SSSR count). The number of nitrogens with one attached hydrogen (secondary N) is 1. The first kappa shape index (κ1) is 15.4. The van der Waals surface area contributed by atoms with Crippen molar-refractivity contribution in [3.05, 3.63) is 57.6 Å². The van der Waals surface area contributed by atoms with E-state index >= 15 is 0 Å². The summed E-state index contributed by atoms with van der Waals surface area (Å²) < 4.78 is 6.03. The topological polar surface area (TPSA) is 64.3 Å². The number of carbonyl (C=O) groups excluding carboxylic acids is 1. The van der Waals surface area contributed by atoms with Crippen molar-refractivity contribution in [3.8, 4) is 5.75 Å². The Hall–Kier alpha value is -2.01. The van der Waals surface area contributed by atoms with Crippen molar-refractivity contribution in [2.24, 2.45) is 0 Å². The van der Waals surface area contributed by atoms with Gasteiger partial charge in [-0.15, -0.1) is 0 Å². The lowest BCUT2D eigenvalue weighted by Crippen LogP contribution is -2.23. The number of halogens is 1. The lowest BCUT2D eigenvalue weighted by molar-refractivity contribution is 0.0950. The predicted molar refractivity (Wildman–Crippen MR) is 87.5 cm³/mol. The summed E-state index contributed by atoms with van der Waals surface area (Å²) >= 11 is 3.39. The molecule has 0 heterocycles. The summed E-state index contributed by atoms with van der Waals surface area (Å²) in [5, 5.41) is 2.88. The molecule has 0 saturated carbocycles. The van der Waals surface area contributed by atoms with Gasteiger partial charge in [0.05, 0.1) is 12.7 Å². The van der Waals surface area contributed by atoms with E-state index in [1.54, 1.807) is 25.3 Å². The number of ether oxygens (including phenoxy) is 1. The largest absolute Gasteiger partial charge is 0.496 e. The third-order valence-electron chi connectivity index (χ3n) is 3.11. The van der Waals surface area contributed by atoms with Crippen molar-refractivity contribution in [1.29, 1.82) is 0 Å². The zero-order chi connectivity index (χ0) is 15.4. The molecule has 4 nitrogen and oxygen atoms in total. The van der Waals surface area contributed by atoms with Crippen molar-refractivity contribution in [1.82, 2.24) is 5.32 Å². The number of nitrogen functional groups attached to an aromatic ring is 1. The number of rotatable bonds is 4. The van der Waals surface area contributed by atoms with Gasteiger partial charge in [0.1, 0.15) is 5.75 Å². The Morgan fingerprint density at radius 1 is 1.29 bits per heavy atom. The fraction of sp³-hybridized carbons (Fsp3) is 0.188. The Morgan fingerprint density at radius 3 is 2.76 bits per heavy atom. The van der Waals surface area contributed by atoms with Gasteiger partial charge in [-0.2, -0.15) is 0 Å². The third-order valence-corrected chi connectivity index (χ3v) is 3.80. The zero-order valence-corrected chi connectivity index (χ0v) is 13.5. The first-order chi connectivity index (χ1) is 10.0. The molecule has 110 valence electrons. The average molecular weight is 349 g/mol. The molecule has 5 heteroatoms. The van der Waals surface area contributed by atoms with Crippen molar-refractivity contribution in [2.45, 2.75) is 13.5 Å². The van der Waals surface area contributed by atoms with Crippen molar-refractivity contribution in [3.63, 3.8) is 0 Å². The van der Waals surface area contributed by atoms with Crippen LogP contribution in [0.3, 0.4) is 0 Å². The van der Waals surface area contributed by atoms with E-state index in [1.165, 1.54) is 0 Å². The van der Waals surface area contributed by atoms with Gasteiger partial charge in [-0.05, 0) is 53.2 Å². The fourth-order valence-corrected chi connectivity index (χ4v) is 2.45. The summed E-state index contributed by atoms with van der Waals surface area (Å²) in [6, 6.07) is 11.0. The molecule has 0 fully saturated rings. The second-order valence-corrected chi connectivity index (χ2v) is 5.59. The van der Waals surface area contributed by atoms with Crippen LogP contribution in [0.15, 0.2) is 40.9 Å². The molecular formula is C16H17BrN2O2. The van der Waals surface area contributed by atoms with E-state index in [0.717, 1.165) is 15.6 Å². The van der Waals surface area contributed by atoms with E-state index in [1.807, 2.05) is 25.1 Å². The second kappa shape index (κ2) is 6.63. The molecule has 0 atom stereocenters. The van der Waals surface area contributed by atoms with Crippen LogP contribution in [0.25, 0.3) is 0 Å². The Bertz CT molecular complexity index is 671. The lowest BCUT2D eigenvalue weighted by Gasteiger charge is -2.11. The van der Waals surface area contributed by atoms with Crippen LogP contribution in [0, 0.1) is 6.92 Å². The molecule has 2 aromatic carbocycles. The minimum absolute atomic E-state index is 0.143. The van der Waals surface area contributed by atoms with Crippen molar-refractivity contribution < 1.29 is 9.53 Å². The minimum Gasteiger partial charge on any atom is -0.496 e. The molecule has 21 heavy (non-hydrogen) atoms. The molecule has 0 aliphatic carbocycles. The van der Waals surface area contributed by atoms with E-state index in [9.17, 15) is 4.79 Å². The zero-order valence-electron chi connectivity index (χ0n) is 11.9. The molecule has 0 aliphatic heterocycles. The molecule has 0 bridgehead atoms. The van der Waals surface area contributed by atoms with Crippen LogP contribution < -0.4 is 15.8 Å². The van der Waals surface area contributed by atoms with Crippen LogP contribution >= 0.6 is 15.9 Å². The number of amides is 1. The van der Waals surface area contributed by atoms with Crippen molar-refractivity contribution >= 4 is 27.5 Å². The summed E-state index contributed by atoms with van der Waals surface area (Å²) in [7, 11) is 1.59. The van der Waals surface area contributed by atoms with Crippen LogP contribution in [-0.4, -0.2) is 13.0 Å². The summed E-state index contributed by atoms with van der Waals surface area (Å²) in [5.41, 5.74) is 8.89. The Morgan fingerprint density at radius 2 is 2.05 bits per heavy atom. The minimum atomic E-state index is -0.143. The van der Waals surface area contributed by atoms with Gasteiger partial charge in [0, 0.05) is 22.3 Å². The van der Waals surface area contributed by atoms with Gasteiger partial charge >= 0.3 is 0 Å². The van der Waals surface area contributed by atoms with E-state index < -0.39 is 0 Å². The molecule has 1 amide bonds. The maximum absolute atomic E-state index is 12.3. The quantitative estimate of drug-likeness (QED) is 0.833. The van der Waals surface area contributed by atoms with E-state index in [0.29, 0.717) is 23.5 Å². The van der Waals surface area contributed by atoms with Crippen LogP contribution in [0.1, 0.15) is 21.5 Å². The van der Waals surface area contributed by atoms with Gasteiger partial charge in [0.2, 0.25) is 0 Å². The highest BCUT2D eigenvalue weighted by molar-refractivity contribution is 9.10. The van der Waals surface area contributed by atoms with Crippen molar-refractivity contribution in [2.75, 3.05) is 12.8 Å². The lowest BCUT2D eigenvalue weighted by atomic mass is 10.1. The monoisotopic (exact) mass is 348 g/mol. The van der Waals surface area contributed by atoms with Gasteiger partial charge in [-0.1, -0.05) is 11.6 Å². The Labute approximate surface area is 132 Å². The summed E-state index contributed by atoms with van der Waals surface area (Å²) in [5.74, 6) is 0.558. The van der Waals surface area contributed by atoms with Gasteiger partial charge in [0.15, 0.2) is 0 Å². The van der Waals surface area contributed by atoms with E-state index in [4.69, 9.17) is 10.5 Å². The highest BCUT2D eigenvalue weighted by Gasteiger charge is 2.11. The first-order valence-corrected chi connectivity index (χ1v) is 7.27. The van der Waals surface area contributed by atoms with E-state index in [-0.39, 0.29) is 5.91 Å².